The highest BCUT2D eigenvalue weighted by Gasteiger charge is 2.63. The van der Waals surface area contributed by atoms with Gasteiger partial charge in [-0.25, -0.2) is 18.2 Å². The van der Waals surface area contributed by atoms with Gasteiger partial charge in [-0.1, -0.05) is 26.0 Å². The SMILES string of the molecule is Cc1nc(COc2ccc([C@@H]3CC3(NC(=O)O)[C@@H](CN(CC(C)C)S(=O)(=O)c3ccc4c(c3)OCO4)OC(=O)CCl)cc2)cs1. The summed E-state index contributed by atoms with van der Waals surface area (Å²) in [4.78, 5) is 29.0. The van der Waals surface area contributed by atoms with Crippen LogP contribution in [0, 0.1) is 12.8 Å². The number of nitrogens with one attached hydrogen (secondary N) is 1. The summed E-state index contributed by atoms with van der Waals surface area (Å²) in [5.41, 5.74) is 0.272. The van der Waals surface area contributed by atoms with Crippen LogP contribution in [-0.2, 0) is 26.2 Å². The fourth-order valence-electron chi connectivity index (χ4n) is 5.44. The normalized spacial score (nSPS) is 19.4. The van der Waals surface area contributed by atoms with Crippen LogP contribution in [0.15, 0.2) is 52.7 Å². The van der Waals surface area contributed by atoms with Crippen LogP contribution < -0.4 is 19.5 Å². The molecule has 3 aromatic rings. The number of aryl methyl sites for hydroxylation is 1. The molecule has 1 aromatic heterocycles. The number of ether oxygens (including phenoxy) is 4. The van der Waals surface area contributed by atoms with Crippen molar-refractivity contribution in [3.63, 3.8) is 0 Å². The Kier molecular flexibility index (Phi) is 9.77. The number of hydrogen-bond acceptors (Lipinski definition) is 10. The highest BCUT2D eigenvalue weighted by Crippen LogP contribution is 2.55. The number of rotatable bonds is 14. The molecule has 15 heteroatoms. The monoisotopic (exact) mass is 679 g/mol. The second-order valence-electron chi connectivity index (χ2n) is 11.3. The van der Waals surface area contributed by atoms with Gasteiger partial charge < -0.3 is 29.4 Å². The Hall–Kier alpha value is -3.59. The Morgan fingerprint density at radius 2 is 1.91 bits per heavy atom. The van der Waals surface area contributed by atoms with Crippen LogP contribution in [0.3, 0.4) is 0 Å². The topological polar surface area (TPSA) is 154 Å². The molecule has 1 fully saturated rings. The van der Waals surface area contributed by atoms with Crippen molar-refractivity contribution in [2.24, 2.45) is 5.92 Å². The molecule has 0 bridgehead atoms. The Balaban J connectivity index is 1.42. The number of carbonyl (C=O) groups excluding carboxylic acids is 1. The zero-order valence-electron chi connectivity index (χ0n) is 24.9. The number of sulfonamides is 1. The molecule has 2 aliphatic rings. The van der Waals surface area contributed by atoms with Gasteiger partial charge >= 0.3 is 12.1 Å². The lowest BCUT2D eigenvalue weighted by Gasteiger charge is -2.33. The lowest BCUT2D eigenvalue weighted by Crippen LogP contribution is -2.54. The molecule has 1 amide bonds. The second-order valence-corrected chi connectivity index (χ2v) is 14.6. The van der Waals surface area contributed by atoms with Crippen molar-refractivity contribution in [3.05, 3.63) is 64.1 Å². The molecule has 0 radical (unpaired) electrons. The predicted octanol–water partition coefficient (Wildman–Crippen LogP) is 4.75. The van der Waals surface area contributed by atoms with E-state index >= 15 is 0 Å². The number of fused-ring (bicyclic) bond motifs is 1. The predicted molar refractivity (Wildman–Crippen MR) is 166 cm³/mol. The summed E-state index contributed by atoms with van der Waals surface area (Å²) in [5.74, 6) is -0.504. The van der Waals surface area contributed by atoms with Crippen molar-refractivity contribution in [2.45, 2.75) is 56.3 Å². The van der Waals surface area contributed by atoms with E-state index in [9.17, 15) is 23.1 Å². The maximum atomic E-state index is 14.0. The van der Waals surface area contributed by atoms with E-state index in [1.165, 1.54) is 33.8 Å². The zero-order chi connectivity index (χ0) is 32.4. The molecule has 2 aromatic carbocycles. The molecule has 1 aliphatic carbocycles. The number of hydrogen-bond donors (Lipinski definition) is 2. The molecule has 12 nitrogen and oxygen atoms in total. The minimum absolute atomic E-state index is 0.0195. The van der Waals surface area contributed by atoms with E-state index in [0.29, 0.717) is 23.9 Å². The van der Waals surface area contributed by atoms with Crippen molar-refractivity contribution in [1.29, 1.82) is 0 Å². The van der Waals surface area contributed by atoms with Crippen LogP contribution in [-0.4, -0.2) is 72.3 Å². The summed E-state index contributed by atoms with van der Waals surface area (Å²) in [6, 6.07) is 11.5. The van der Waals surface area contributed by atoms with Crippen LogP contribution in [0.4, 0.5) is 4.79 Å². The molecule has 0 saturated heterocycles. The third-order valence-corrected chi connectivity index (χ3v) is 10.4. The number of carboxylic acid groups (broad SMARTS) is 1. The molecule has 1 saturated carbocycles. The summed E-state index contributed by atoms with van der Waals surface area (Å²) in [6.45, 7) is 5.67. The van der Waals surface area contributed by atoms with Gasteiger partial charge in [0.25, 0.3) is 0 Å². The van der Waals surface area contributed by atoms with Gasteiger partial charge in [0.2, 0.25) is 16.8 Å². The average molecular weight is 680 g/mol. The van der Waals surface area contributed by atoms with Crippen LogP contribution in [0.2, 0.25) is 0 Å². The summed E-state index contributed by atoms with van der Waals surface area (Å²) in [7, 11) is -4.15. The van der Waals surface area contributed by atoms with E-state index in [-0.39, 0.29) is 37.1 Å². The number of benzene rings is 2. The van der Waals surface area contributed by atoms with E-state index in [1.807, 2.05) is 38.3 Å². The summed E-state index contributed by atoms with van der Waals surface area (Å²) < 4.78 is 51.5. The molecule has 242 valence electrons. The Morgan fingerprint density at radius 3 is 2.56 bits per heavy atom. The standard InChI is InChI=1S/C30H34ClN3O9S2/c1-18(2)13-34(45(38,39)23-8-9-25-26(10-23)42-17-41-25)14-27(43-28(35)12-31)30(33-29(36)37)11-24(30)20-4-6-22(7-5-20)40-15-21-16-44-19(3)32-21/h4-10,16,18,24,27,33H,11-15,17H2,1-3H3,(H,36,37)/t24-,27+,30?/m0/s1. The quantitative estimate of drug-likeness (QED) is 0.180. The molecule has 0 spiro atoms. The molecule has 1 unspecified atom stereocenters. The largest absolute Gasteiger partial charge is 0.487 e. The summed E-state index contributed by atoms with van der Waals surface area (Å²) in [6.07, 6.45) is -2.27. The van der Waals surface area contributed by atoms with Gasteiger partial charge in [-0.2, -0.15) is 4.31 Å². The zero-order valence-corrected chi connectivity index (χ0v) is 27.3. The Morgan fingerprint density at radius 1 is 1.18 bits per heavy atom. The van der Waals surface area contributed by atoms with Gasteiger partial charge in [-0.3, -0.25) is 4.79 Å². The van der Waals surface area contributed by atoms with Crippen molar-refractivity contribution < 1.29 is 42.1 Å². The van der Waals surface area contributed by atoms with Crippen LogP contribution >= 0.6 is 22.9 Å². The number of thiazole rings is 1. The Labute approximate surface area is 270 Å². The van der Waals surface area contributed by atoms with Gasteiger partial charge in [-0.15, -0.1) is 22.9 Å². The lowest BCUT2D eigenvalue weighted by atomic mass is 10.0. The molecule has 5 rings (SSSR count). The fourth-order valence-corrected chi connectivity index (χ4v) is 7.72. The van der Waals surface area contributed by atoms with Gasteiger partial charge in [0.15, 0.2) is 11.5 Å². The van der Waals surface area contributed by atoms with Crippen molar-refractivity contribution in [3.8, 4) is 17.2 Å². The fraction of sp³-hybridized carbons (Fsp3) is 0.433. The third kappa shape index (κ3) is 7.46. The molecule has 2 N–H and O–H groups in total. The van der Waals surface area contributed by atoms with Crippen LogP contribution in [0.5, 0.6) is 17.2 Å². The number of halogens is 1. The number of esters is 1. The second kappa shape index (κ2) is 13.4. The number of aromatic nitrogens is 1. The van der Waals surface area contributed by atoms with E-state index in [2.05, 4.69) is 10.3 Å². The molecular weight excluding hydrogens is 646 g/mol. The van der Waals surface area contributed by atoms with Gasteiger partial charge in [-0.05, 0) is 49.1 Å². The number of carbonyl (C=O) groups is 2. The van der Waals surface area contributed by atoms with Crippen LogP contribution in [0.25, 0.3) is 0 Å². The van der Waals surface area contributed by atoms with E-state index in [1.54, 1.807) is 12.1 Å². The number of amides is 1. The third-order valence-electron chi connectivity index (χ3n) is 7.56. The van der Waals surface area contributed by atoms with Gasteiger partial charge in [0.05, 0.1) is 27.7 Å². The maximum Gasteiger partial charge on any atom is 0.405 e. The first-order valence-electron chi connectivity index (χ1n) is 14.2. The summed E-state index contributed by atoms with van der Waals surface area (Å²) in [5, 5.41) is 15.3. The minimum atomic E-state index is -4.15. The molecule has 1 aliphatic heterocycles. The maximum absolute atomic E-state index is 14.0. The lowest BCUT2D eigenvalue weighted by molar-refractivity contribution is -0.148. The average Bonchev–Trinajstić information content (AvgIpc) is 3.29. The van der Waals surface area contributed by atoms with Crippen molar-refractivity contribution >= 4 is 45.0 Å². The highest BCUT2D eigenvalue weighted by atomic mass is 35.5. The highest BCUT2D eigenvalue weighted by molar-refractivity contribution is 7.89. The first-order valence-corrected chi connectivity index (χ1v) is 17.1. The molecule has 45 heavy (non-hydrogen) atoms. The number of alkyl halides is 1. The molecule has 3 atom stereocenters. The first kappa shape index (κ1) is 32.8. The minimum Gasteiger partial charge on any atom is -0.487 e. The van der Waals surface area contributed by atoms with Crippen LogP contribution in [0.1, 0.15) is 42.5 Å². The van der Waals surface area contributed by atoms with E-state index in [4.69, 9.17) is 30.5 Å². The summed E-state index contributed by atoms with van der Waals surface area (Å²) >= 11 is 7.33. The van der Waals surface area contributed by atoms with Gasteiger partial charge in [0.1, 0.15) is 24.3 Å². The first-order chi connectivity index (χ1) is 21.4. The molecule has 2 heterocycles. The Bertz CT molecular complexity index is 1650. The number of nitrogens with zero attached hydrogens (tertiary/aromatic N) is 2. The van der Waals surface area contributed by atoms with Crippen molar-refractivity contribution in [2.75, 3.05) is 25.8 Å². The van der Waals surface area contributed by atoms with Crippen molar-refractivity contribution in [1.82, 2.24) is 14.6 Å². The van der Waals surface area contributed by atoms with E-state index in [0.717, 1.165) is 16.3 Å². The van der Waals surface area contributed by atoms with Gasteiger partial charge in [0, 0.05) is 23.9 Å². The van der Waals surface area contributed by atoms with E-state index < -0.39 is 45.5 Å². The smallest absolute Gasteiger partial charge is 0.405 e. The molecular formula is C30H34ClN3O9S2.